The van der Waals surface area contributed by atoms with E-state index in [0.717, 1.165) is 35.0 Å². The van der Waals surface area contributed by atoms with Gasteiger partial charge in [0.05, 0.1) is 11.4 Å². The Kier molecular flexibility index (Phi) is 5.87. The van der Waals surface area contributed by atoms with Crippen molar-refractivity contribution in [1.29, 1.82) is 0 Å². The minimum atomic E-state index is 0.0103. The van der Waals surface area contributed by atoms with Crippen LogP contribution in [0.15, 0.2) is 68.4 Å². The van der Waals surface area contributed by atoms with E-state index < -0.39 is 0 Å². The third-order valence-corrected chi connectivity index (χ3v) is 7.15. The summed E-state index contributed by atoms with van der Waals surface area (Å²) in [4.78, 5) is 23.9. The Morgan fingerprint density at radius 2 is 1.86 bits per heavy atom. The Bertz CT molecular complexity index is 1000. The summed E-state index contributed by atoms with van der Waals surface area (Å²) in [5.41, 5.74) is 1.79. The summed E-state index contributed by atoms with van der Waals surface area (Å²) in [6.07, 6.45) is 1.92. The Hall–Kier alpha value is -2.38. The summed E-state index contributed by atoms with van der Waals surface area (Å²) >= 11 is 3.08. The predicted molar refractivity (Wildman–Crippen MR) is 122 cm³/mol. The summed E-state index contributed by atoms with van der Waals surface area (Å²) in [7, 11) is 0. The quantitative estimate of drug-likeness (QED) is 0.636. The van der Waals surface area contributed by atoms with Gasteiger partial charge in [0.15, 0.2) is 5.17 Å². The topological polar surface area (TPSA) is 56.1 Å². The van der Waals surface area contributed by atoms with Crippen LogP contribution in [0.4, 0.5) is 11.4 Å². The predicted octanol–water partition coefficient (Wildman–Crippen LogP) is 5.56. The fourth-order valence-corrected chi connectivity index (χ4v) is 5.74. The summed E-state index contributed by atoms with van der Waals surface area (Å²) in [6.45, 7) is 5.65. The number of hydrogen-bond acceptors (Lipinski definition) is 6. The molecule has 29 heavy (non-hydrogen) atoms. The van der Waals surface area contributed by atoms with Crippen LogP contribution in [0.1, 0.15) is 26.7 Å². The van der Waals surface area contributed by atoms with E-state index in [0.29, 0.717) is 17.4 Å². The number of carbonyl (C=O) groups excluding carboxylic acids is 1. The lowest BCUT2D eigenvalue weighted by Crippen LogP contribution is -2.30. The molecule has 1 saturated heterocycles. The fourth-order valence-electron chi connectivity index (χ4n) is 3.32. The number of fused-ring (bicyclic) bond motifs is 1. The lowest BCUT2D eigenvalue weighted by Gasteiger charge is -2.19. The van der Waals surface area contributed by atoms with Crippen molar-refractivity contribution in [1.82, 2.24) is 4.90 Å². The maximum atomic E-state index is 13.4. The van der Waals surface area contributed by atoms with E-state index in [1.807, 2.05) is 18.2 Å². The number of aromatic hydroxyl groups is 1. The molecular formula is C22H23N3O2S2. The molecule has 2 aliphatic rings. The van der Waals surface area contributed by atoms with Crippen molar-refractivity contribution < 1.29 is 9.90 Å². The van der Waals surface area contributed by atoms with Gasteiger partial charge in [-0.05, 0) is 49.4 Å². The van der Waals surface area contributed by atoms with Gasteiger partial charge in [0, 0.05) is 24.1 Å². The van der Waals surface area contributed by atoms with E-state index in [1.54, 1.807) is 34.9 Å². The monoisotopic (exact) mass is 425 g/mol. The number of nitrogens with zero attached hydrogens (tertiary/aromatic N) is 3. The molecule has 2 aromatic rings. The lowest BCUT2D eigenvalue weighted by atomic mass is 10.3. The zero-order valence-corrected chi connectivity index (χ0v) is 18.1. The molecule has 0 spiro atoms. The summed E-state index contributed by atoms with van der Waals surface area (Å²) < 4.78 is 0. The first kappa shape index (κ1) is 19.9. The number of thioether (sulfide) groups is 2. The number of para-hydroxylation sites is 1. The highest BCUT2D eigenvalue weighted by molar-refractivity contribution is 8.19. The van der Waals surface area contributed by atoms with Gasteiger partial charge >= 0.3 is 0 Å². The van der Waals surface area contributed by atoms with Gasteiger partial charge in [-0.2, -0.15) is 0 Å². The highest BCUT2D eigenvalue weighted by Gasteiger charge is 2.39. The Balaban J connectivity index is 1.74. The van der Waals surface area contributed by atoms with Crippen LogP contribution in [-0.2, 0) is 4.79 Å². The number of carbonyl (C=O) groups is 1. The van der Waals surface area contributed by atoms with Crippen LogP contribution in [0.2, 0.25) is 0 Å². The molecule has 0 aliphatic carbocycles. The molecule has 2 heterocycles. The normalized spacial score (nSPS) is 20.1. The molecule has 0 saturated carbocycles. The van der Waals surface area contributed by atoms with Crippen LogP contribution in [0.25, 0.3) is 0 Å². The second-order valence-corrected chi connectivity index (χ2v) is 8.78. The number of phenols is 1. The number of aliphatic imine (C=N–C) groups is 1. The molecule has 0 bridgehead atoms. The van der Waals surface area contributed by atoms with Gasteiger partial charge in [-0.1, -0.05) is 43.3 Å². The first-order valence-electron chi connectivity index (χ1n) is 9.78. The minimum Gasteiger partial charge on any atom is -0.508 e. The number of anilines is 1. The van der Waals surface area contributed by atoms with Gasteiger partial charge in [-0.3, -0.25) is 9.69 Å². The number of phenolic OH excluding ortho intramolecular Hbond substituents is 1. The molecule has 1 fully saturated rings. The van der Waals surface area contributed by atoms with Crippen molar-refractivity contribution in [3.05, 3.63) is 58.5 Å². The molecule has 0 unspecified atom stereocenters. The van der Waals surface area contributed by atoms with Gasteiger partial charge in [0.2, 0.25) is 0 Å². The molecule has 0 atom stereocenters. The molecule has 1 amide bonds. The smallest absolute Gasteiger partial charge is 0.269 e. The zero-order chi connectivity index (χ0) is 20.4. The maximum Gasteiger partial charge on any atom is 0.269 e. The van der Waals surface area contributed by atoms with Crippen LogP contribution < -0.4 is 4.90 Å². The van der Waals surface area contributed by atoms with E-state index in [-0.39, 0.29) is 11.7 Å². The number of amidine groups is 1. The highest BCUT2D eigenvalue weighted by Crippen LogP contribution is 2.50. The van der Waals surface area contributed by atoms with Gasteiger partial charge in [0.1, 0.15) is 15.7 Å². The first-order valence-corrected chi connectivity index (χ1v) is 11.4. The van der Waals surface area contributed by atoms with Crippen LogP contribution in [0, 0.1) is 0 Å². The summed E-state index contributed by atoms with van der Waals surface area (Å²) in [5, 5.41) is 11.4. The Morgan fingerprint density at radius 1 is 1.03 bits per heavy atom. The van der Waals surface area contributed by atoms with Crippen molar-refractivity contribution in [2.75, 3.05) is 18.0 Å². The van der Waals surface area contributed by atoms with Crippen LogP contribution in [0.3, 0.4) is 0 Å². The van der Waals surface area contributed by atoms with E-state index in [4.69, 9.17) is 0 Å². The largest absolute Gasteiger partial charge is 0.508 e. The number of hydrogen-bond donors (Lipinski definition) is 1. The van der Waals surface area contributed by atoms with Gasteiger partial charge < -0.3 is 10.0 Å². The highest BCUT2D eigenvalue weighted by atomic mass is 32.2. The molecule has 2 aliphatic heterocycles. The molecule has 0 radical (unpaired) electrons. The van der Waals surface area contributed by atoms with Crippen LogP contribution in [-0.4, -0.2) is 34.2 Å². The average Bonchev–Trinajstić information content (AvgIpc) is 3.23. The SMILES string of the molecule is CCCCN1C(=O)C(=C2Sc3ccccc3N2CC)SC1=Nc1cccc(O)c1. The molecule has 4 rings (SSSR count). The number of unbranched alkanes of at least 4 members (excludes halogenated alkanes) is 1. The van der Waals surface area contributed by atoms with E-state index in [9.17, 15) is 9.90 Å². The zero-order valence-electron chi connectivity index (χ0n) is 16.5. The molecule has 2 aromatic carbocycles. The standard InChI is InChI=1S/C22H23N3O2S2/c1-3-5-13-25-20(27)19(29-22(25)23-15-9-8-10-16(26)14-15)21-24(4-2)17-11-6-7-12-18(17)28-21/h6-12,14,26H,3-5,13H2,1-2H3. The minimum absolute atomic E-state index is 0.0103. The number of amides is 1. The fraction of sp³-hybridized carbons (Fsp3) is 0.273. The van der Waals surface area contributed by atoms with Crippen LogP contribution in [0.5, 0.6) is 5.75 Å². The van der Waals surface area contributed by atoms with E-state index in [2.05, 4.69) is 35.9 Å². The van der Waals surface area contributed by atoms with E-state index >= 15 is 0 Å². The van der Waals surface area contributed by atoms with Crippen molar-refractivity contribution in [3.8, 4) is 5.75 Å². The maximum absolute atomic E-state index is 13.4. The third kappa shape index (κ3) is 3.89. The van der Waals surface area contributed by atoms with Gasteiger partial charge in [-0.15, -0.1) is 0 Å². The molecular weight excluding hydrogens is 402 g/mol. The summed E-state index contributed by atoms with van der Waals surface area (Å²) in [6, 6.07) is 15.1. The molecule has 1 N–H and O–H groups in total. The van der Waals surface area contributed by atoms with Crippen LogP contribution >= 0.6 is 23.5 Å². The second-order valence-electron chi connectivity index (χ2n) is 6.77. The average molecular weight is 426 g/mol. The van der Waals surface area contributed by atoms with Gasteiger partial charge in [-0.25, -0.2) is 4.99 Å². The molecule has 7 heteroatoms. The molecule has 0 aromatic heterocycles. The summed E-state index contributed by atoms with van der Waals surface area (Å²) in [5.74, 6) is 0.176. The Morgan fingerprint density at radius 3 is 2.62 bits per heavy atom. The first-order chi connectivity index (χ1) is 14.1. The lowest BCUT2D eigenvalue weighted by molar-refractivity contribution is -0.122. The molecule has 150 valence electrons. The third-order valence-electron chi connectivity index (χ3n) is 4.77. The van der Waals surface area contributed by atoms with Crippen molar-refractivity contribution in [2.45, 2.75) is 31.6 Å². The molecule has 5 nitrogen and oxygen atoms in total. The number of rotatable bonds is 5. The van der Waals surface area contributed by atoms with Crippen molar-refractivity contribution in [2.24, 2.45) is 4.99 Å². The van der Waals surface area contributed by atoms with E-state index in [1.165, 1.54) is 16.7 Å². The van der Waals surface area contributed by atoms with Crippen molar-refractivity contribution >= 4 is 46.0 Å². The number of benzene rings is 2. The van der Waals surface area contributed by atoms with Crippen molar-refractivity contribution in [3.63, 3.8) is 0 Å². The van der Waals surface area contributed by atoms with Gasteiger partial charge in [0.25, 0.3) is 5.91 Å². The second kappa shape index (κ2) is 8.55. The Labute approximate surface area is 179 Å².